The highest BCUT2D eigenvalue weighted by molar-refractivity contribution is 5.88. The lowest BCUT2D eigenvalue weighted by molar-refractivity contribution is -0.229. The highest BCUT2D eigenvalue weighted by Gasteiger charge is 2.58. The quantitative estimate of drug-likeness (QED) is 0.387. The van der Waals surface area contributed by atoms with E-state index in [2.05, 4.69) is 52.3 Å². The number of carbonyl (C=O) groups excluding carboxylic acids is 2. The molecule has 2 aliphatic rings. The van der Waals surface area contributed by atoms with Crippen LogP contribution in [0.5, 0.6) is 0 Å². The summed E-state index contributed by atoms with van der Waals surface area (Å²) in [5.41, 5.74) is 2.58. The van der Waals surface area contributed by atoms with Gasteiger partial charge in [-0.1, -0.05) is 54.6 Å². The monoisotopic (exact) mass is 497 g/mol. The minimum absolute atomic E-state index is 0.117. The number of methoxy groups -OCH3 is 1. The molecule has 0 bridgehead atoms. The number of nitrogens with one attached hydrogen (secondary N) is 1. The fourth-order valence-corrected chi connectivity index (χ4v) is 6.06. The van der Waals surface area contributed by atoms with Gasteiger partial charge in [-0.3, -0.25) is 19.3 Å². The number of nitrogens with zero attached hydrogens (tertiary/aromatic N) is 2. The number of carbonyl (C=O) groups is 2. The van der Waals surface area contributed by atoms with E-state index < -0.39 is 11.5 Å². The van der Waals surface area contributed by atoms with E-state index in [1.165, 1.54) is 17.6 Å². The smallest absolute Gasteiger partial charge is 0.311 e. The van der Waals surface area contributed by atoms with Crippen LogP contribution in [0.1, 0.15) is 30.5 Å². The van der Waals surface area contributed by atoms with Crippen LogP contribution in [0.4, 0.5) is 0 Å². The molecular formula is C30H31N3O4. The van der Waals surface area contributed by atoms with Crippen molar-refractivity contribution in [2.45, 2.75) is 38.0 Å². The fraction of sp³-hybridized carbons (Fsp3) is 0.333. The van der Waals surface area contributed by atoms with Gasteiger partial charge in [-0.15, -0.1) is 0 Å². The van der Waals surface area contributed by atoms with E-state index in [1.807, 2.05) is 30.3 Å². The maximum absolute atomic E-state index is 13.2. The van der Waals surface area contributed by atoms with Crippen molar-refractivity contribution in [3.8, 4) is 0 Å². The fourth-order valence-electron chi connectivity index (χ4n) is 6.06. The molecule has 2 aliphatic heterocycles. The molecule has 6 rings (SSSR count). The number of hydrogen-bond donors (Lipinski definition) is 1. The van der Waals surface area contributed by atoms with E-state index in [-0.39, 0.29) is 24.9 Å². The SMILES string of the molecule is COC(=O)C1CC(=O)N(OCc2ccc3ccccc3c2)C12CCN(Cc1cc3ccccc3[nH]1)CC2. The second-order valence-corrected chi connectivity index (χ2v) is 10.2. The number of piperidine rings is 1. The van der Waals surface area contributed by atoms with Crippen LogP contribution >= 0.6 is 0 Å². The molecule has 1 amide bonds. The van der Waals surface area contributed by atoms with Crippen molar-refractivity contribution in [2.24, 2.45) is 5.92 Å². The van der Waals surface area contributed by atoms with Gasteiger partial charge in [0.15, 0.2) is 0 Å². The van der Waals surface area contributed by atoms with E-state index in [0.717, 1.165) is 47.2 Å². The molecule has 1 aromatic heterocycles. The minimum Gasteiger partial charge on any atom is -0.469 e. The molecule has 0 aliphatic carbocycles. The molecule has 37 heavy (non-hydrogen) atoms. The van der Waals surface area contributed by atoms with Gasteiger partial charge >= 0.3 is 5.97 Å². The van der Waals surface area contributed by atoms with Gasteiger partial charge in [-0.25, -0.2) is 5.06 Å². The number of hydroxylamine groups is 2. The predicted octanol–water partition coefficient (Wildman–Crippen LogP) is 4.81. The largest absolute Gasteiger partial charge is 0.469 e. The Hall–Kier alpha value is -3.68. The first-order chi connectivity index (χ1) is 18.1. The number of rotatable bonds is 6. The van der Waals surface area contributed by atoms with Gasteiger partial charge in [0, 0.05) is 37.3 Å². The molecular weight excluding hydrogens is 466 g/mol. The van der Waals surface area contributed by atoms with Crippen LogP contribution in [0.2, 0.25) is 0 Å². The standard InChI is InChI=1S/C30H31N3O4/c1-36-29(35)26-18-28(34)33(37-20-21-10-11-22-6-2-3-7-23(22)16-21)30(26)12-14-32(15-13-30)19-25-17-24-8-4-5-9-27(24)31-25/h2-11,16-17,26,31H,12-15,18-20H2,1H3. The van der Waals surface area contributed by atoms with Gasteiger partial charge in [-0.05, 0) is 52.8 Å². The number of hydrogen-bond acceptors (Lipinski definition) is 5. The van der Waals surface area contributed by atoms with Gasteiger partial charge in [0.1, 0.15) is 6.61 Å². The normalized spacial score (nSPS) is 19.8. The highest BCUT2D eigenvalue weighted by Crippen LogP contribution is 2.45. The van der Waals surface area contributed by atoms with E-state index in [9.17, 15) is 9.59 Å². The van der Waals surface area contributed by atoms with Crippen molar-refractivity contribution < 1.29 is 19.2 Å². The number of aromatic nitrogens is 1. The Morgan fingerprint density at radius 2 is 1.70 bits per heavy atom. The van der Waals surface area contributed by atoms with Crippen LogP contribution in [0, 0.1) is 5.92 Å². The lowest BCUT2D eigenvalue weighted by Gasteiger charge is -2.45. The Morgan fingerprint density at radius 1 is 0.973 bits per heavy atom. The van der Waals surface area contributed by atoms with Gasteiger partial charge in [0.25, 0.3) is 0 Å². The molecule has 2 saturated heterocycles. The summed E-state index contributed by atoms with van der Waals surface area (Å²) in [7, 11) is 1.39. The lowest BCUT2D eigenvalue weighted by Crippen LogP contribution is -2.57. The van der Waals surface area contributed by atoms with Crippen LogP contribution in [-0.2, 0) is 32.3 Å². The first-order valence-electron chi connectivity index (χ1n) is 12.9. The molecule has 7 nitrogen and oxygen atoms in total. The van der Waals surface area contributed by atoms with Crippen molar-refractivity contribution >= 4 is 33.6 Å². The Kier molecular flexibility index (Phi) is 6.18. The first-order valence-corrected chi connectivity index (χ1v) is 12.9. The van der Waals surface area contributed by atoms with E-state index in [0.29, 0.717) is 12.8 Å². The average Bonchev–Trinajstić information content (AvgIpc) is 3.46. The number of likely N-dealkylation sites (tertiary alicyclic amines) is 1. The summed E-state index contributed by atoms with van der Waals surface area (Å²) in [5, 5.41) is 5.01. The van der Waals surface area contributed by atoms with Gasteiger partial charge in [0.2, 0.25) is 5.91 Å². The molecule has 0 radical (unpaired) electrons. The number of fused-ring (bicyclic) bond motifs is 2. The number of benzene rings is 3. The third-order valence-electron chi connectivity index (χ3n) is 8.02. The number of esters is 1. The summed E-state index contributed by atoms with van der Waals surface area (Å²) in [5.74, 6) is -1.02. The third-order valence-corrected chi connectivity index (χ3v) is 8.02. The van der Waals surface area contributed by atoms with Crippen molar-refractivity contribution in [3.05, 3.63) is 84.1 Å². The third kappa shape index (κ3) is 4.38. The molecule has 7 heteroatoms. The zero-order valence-corrected chi connectivity index (χ0v) is 21.0. The second-order valence-electron chi connectivity index (χ2n) is 10.2. The summed E-state index contributed by atoms with van der Waals surface area (Å²) in [6.45, 7) is 2.57. The molecule has 2 fully saturated rings. The van der Waals surface area contributed by atoms with Crippen LogP contribution < -0.4 is 0 Å². The van der Waals surface area contributed by atoms with Crippen molar-refractivity contribution in [1.29, 1.82) is 0 Å². The van der Waals surface area contributed by atoms with Crippen LogP contribution in [0.15, 0.2) is 72.8 Å². The number of para-hydroxylation sites is 1. The average molecular weight is 498 g/mol. The predicted molar refractivity (Wildman–Crippen MR) is 141 cm³/mol. The Morgan fingerprint density at radius 3 is 2.46 bits per heavy atom. The van der Waals surface area contributed by atoms with E-state index in [4.69, 9.17) is 9.57 Å². The molecule has 1 unspecified atom stereocenters. The highest BCUT2D eigenvalue weighted by atomic mass is 16.7. The molecule has 4 aromatic rings. The summed E-state index contributed by atoms with van der Waals surface area (Å²) < 4.78 is 5.13. The summed E-state index contributed by atoms with van der Waals surface area (Å²) in [6.07, 6.45) is 1.42. The maximum atomic E-state index is 13.2. The Balaban J connectivity index is 1.19. The van der Waals surface area contributed by atoms with Gasteiger partial charge < -0.3 is 9.72 Å². The zero-order chi connectivity index (χ0) is 25.4. The molecule has 3 aromatic carbocycles. The van der Waals surface area contributed by atoms with Crippen LogP contribution in [0.25, 0.3) is 21.7 Å². The Bertz CT molecular complexity index is 1420. The number of ether oxygens (including phenoxy) is 1. The van der Waals surface area contributed by atoms with Gasteiger partial charge in [-0.2, -0.15) is 0 Å². The summed E-state index contributed by atoms with van der Waals surface area (Å²) in [4.78, 5) is 38.0. The van der Waals surface area contributed by atoms with E-state index in [1.54, 1.807) is 0 Å². The summed E-state index contributed by atoms with van der Waals surface area (Å²) >= 11 is 0. The maximum Gasteiger partial charge on any atom is 0.311 e. The lowest BCUT2D eigenvalue weighted by atomic mass is 9.77. The molecule has 3 heterocycles. The molecule has 190 valence electrons. The van der Waals surface area contributed by atoms with Crippen molar-refractivity contribution in [3.63, 3.8) is 0 Å². The summed E-state index contributed by atoms with van der Waals surface area (Å²) in [6, 6.07) is 24.8. The minimum atomic E-state index is -0.696. The van der Waals surface area contributed by atoms with E-state index >= 15 is 0 Å². The number of aromatic amines is 1. The van der Waals surface area contributed by atoms with Crippen molar-refractivity contribution in [1.82, 2.24) is 14.9 Å². The number of amides is 1. The first kappa shape index (κ1) is 23.7. The number of H-pyrrole nitrogens is 1. The van der Waals surface area contributed by atoms with Crippen LogP contribution in [0.3, 0.4) is 0 Å². The molecule has 0 saturated carbocycles. The molecule has 1 spiro atoms. The molecule has 1 N–H and O–H groups in total. The Labute approximate surface area is 215 Å². The van der Waals surface area contributed by atoms with Gasteiger partial charge in [0.05, 0.1) is 18.6 Å². The second kappa shape index (κ2) is 9.65. The molecule has 1 atom stereocenters. The topological polar surface area (TPSA) is 74.9 Å². The van der Waals surface area contributed by atoms with Crippen LogP contribution in [-0.4, -0.2) is 52.6 Å². The van der Waals surface area contributed by atoms with Crippen molar-refractivity contribution in [2.75, 3.05) is 20.2 Å². The zero-order valence-electron chi connectivity index (χ0n) is 21.0.